The van der Waals surface area contributed by atoms with E-state index in [1.165, 1.54) is 10.4 Å². The lowest BCUT2D eigenvalue weighted by Crippen LogP contribution is -2.23. The fraction of sp³-hybridized carbons (Fsp3) is 0.167. The fourth-order valence-electron chi connectivity index (χ4n) is 3.30. The third-order valence-corrected chi connectivity index (χ3v) is 5.78. The molecule has 0 spiro atoms. The predicted octanol–water partition coefficient (Wildman–Crippen LogP) is 4.91. The van der Waals surface area contributed by atoms with Gasteiger partial charge in [-0.15, -0.1) is 11.3 Å². The van der Waals surface area contributed by atoms with Crippen molar-refractivity contribution in [3.8, 4) is 11.1 Å². The third-order valence-electron chi connectivity index (χ3n) is 4.84. The van der Waals surface area contributed by atoms with Gasteiger partial charge in [-0.1, -0.05) is 54.6 Å². The molecule has 0 aliphatic heterocycles. The second-order valence-corrected chi connectivity index (χ2v) is 7.95. The van der Waals surface area contributed by atoms with E-state index in [9.17, 15) is 4.79 Å². The fourth-order valence-corrected chi connectivity index (χ4v) is 4.01. The number of aryl methyl sites for hydroxylation is 1. The van der Waals surface area contributed by atoms with Crippen LogP contribution in [0.15, 0.2) is 84.5 Å². The van der Waals surface area contributed by atoms with Gasteiger partial charge in [0.1, 0.15) is 0 Å². The molecule has 0 bridgehead atoms. The molecule has 4 rings (SSSR count). The van der Waals surface area contributed by atoms with Crippen LogP contribution in [0.4, 0.5) is 0 Å². The Balaban J connectivity index is 1.39. The summed E-state index contributed by atoms with van der Waals surface area (Å²) in [6.07, 6.45) is 5.07. The molecule has 4 nitrogen and oxygen atoms in total. The van der Waals surface area contributed by atoms with Gasteiger partial charge in [-0.05, 0) is 46.2 Å². The molecular weight excluding hydrogens is 378 g/mol. The molecule has 5 heteroatoms. The maximum absolute atomic E-state index is 12.2. The molecule has 0 aliphatic rings. The van der Waals surface area contributed by atoms with Crippen molar-refractivity contribution in [2.45, 2.75) is 25.9 Å². The van der Waals surface area contributed by atoms with E-state index < -0.39 is 0 Å². The molecule has 0 radical (unpaired) electrons. The first kappa shape index (κ1) is 19.2. The average Bonchev–Trinajstić information content (AvgIpc) is 3.46. The molecule has 1 N–H and O–H groups in total. The van der Waals surface area contributed by atoms with E-state index in [1.54, 1.807) is 17.5 Å². The number of hydrogen-bond acceptors (Lipinski definition) is 3. The van der Waals surface area contributed by atoms with Crippen LogP contribution in [0.5, 0.6) is 0 Å². The van der Waals surface area contributed by atoms with Gasteiger partial charge >= 0.3 is 0 Å². The van der Waals surface area contributed by atoms with Crippen LogP contribution >= 0.6 is 11.3 Å². The number of aromatic nitrogens is 2. The first-order chi connectivity index (χ1) is 14.3. The summed E-state index contributed by atoms with van der Waals surface area (Å²) in [5.74, 6) is 0.0859. The Hall–Kier alpha value is -3.18. The second kappa shape index (κ2) is 9.34. The number of carbonyl (C=O) groups is 1. The molecule has 0 aliphatic carbocycles. The standard InChI is InChI=1S/C24H23N3OS/c28-24(13-12-22-6-3-16-29-22)25-17-21-5-1-2-7-23(21)20-10-8-19(9-11-20)18-27-15-4-14-26-27/h1-11,14-16H,12-13,17-18H2,(H,25,28). The zero-order valence-electron chi connectivity index (χ0n) is 16.1. The largest absolute Gasteiger partial charge is 0.352 e. The summed E-state index contributed by atoms with van der Waals surface area (Å²) < 4.78 is 1.91. The van der Waals surface area contributed by atoms with E-state index in [2.05, 4.69) is 52.9 Å². The summed E-state index contributed by atoms with van der Waals surface area (Å²) >= 11 is 1.70. The van der Waals surface area contributed by atoms with Gasteiger partial charge in [-0.2, -0.15) is 5.10 Å². The van der Waals surface area contributed by atoms with Crippen molar-refractivity contribution in [1.29, 1.82) is 0 Å². The van der Waals surface area contributed by atoms with E-state index in [0.717, 1.165) is 29.7 Å². The number of rotatable bonds is 8. The Morgan fingerprint density at radius 2 is 1.86 bits per heavy atom. The molecular formula is C24H23N3OS. The molecule has 2 aromatic carbocycles. The van der Waals surface area contributed by atoms with Gasteiger partial charge in [0.15, 0.2) is 0 Å². The maximum Gasteiger partial charge on any atom is 0.220 e. The highest BCUT2D eigenvalue weighted by atomic mass is 32.1. The number of benzene rings is 2. The Kier molecular flexibility index (Phi) is 6.17. The summed E-state index contributed by atoms with van der Waals surface area (Å²) in [4.78, 5) is 13.5. The Bertz CT molecular complexity index is 1040. The molecule has 0 atom stereocenters. The molecule has 0 saturated heterocycles. The van der Waals surface area contributed by atoms with E-state index in [-0.39, 0.29) is 5.91 Å². The minimum atomic E-state index is 0.0859. The van der Waals surface area contributed by atoms with Gasteiger partial charge in [-0.3, -0.25) is 9.48 Å². The Morgan fingerprint density at radius 1 is 1.00 bits per heavy atom. The molecule has 0 unspecified atom stereocenters. The first-order valence-electron chi connectivity index (χ1n) is 9.72. The Morgan fingerprint density at radius 3 is 2.62 bits per heavy atom. The number of nitrogens with zero attached hydrogens (tertiary/aromatic N) is 2. The number of amides is 1. The van der Waals surface area contributed by atoms with Crippen LogP contribution in [-0.4, -0.2) is 15.7 Å². The molecule has 4 aromatic rings. The molecule has 2 aromatic heterocycles. The summed E-state index contributed by atoms with van der Waals surface area (Å²) in [5, 5.41) is 9.37. The van der Waals surface area contributed by atoms with Crippen LogP contribution in [0.1, 0.15) is 22.4 Å². The van der Waals surface area contributed by atoms with Gasteiger partial charge in [0.05, 0.1) is 6.54 Å². The number of thiophene rings is 1. The minimum Gasteiger partial charge on any atom is -0.352 e. The summed E-state index contributed by atoms with van der Waals surface area (Å²) in [6.45, 7) is 1.30. The highest BCUT2D eigenvalue weighted by Gasteiger charge is 2.08. The lowest BCUT2D eigenvalue weighted by Gasteiger charge is -2.12. The van der Waals surface area contributed by atoms with Crippen molar-refractivity contribution >= 4 is 17.2 Å². The highest BCUT2D eigenvalue weighted by Crippen LogP contribution is 2.24. The molecule has 2 heterocycles. The van der Waals surface area contributed by atoms with E-state index in [4.69, 9.17) is 0 Å². The average molecular weight is 402 g/mol. The topological polar surface area (TPSA) is 46.9 Å². The third kappa shape index (κ3) is 5.21. The number of carbonyl (C=O) groups excluding carboxylic acids is 1. The van der Waals surface area contributed by atoms with E-state index in [0.29, 0.717) is 13.0 Å². The van der Waals surface area contributed by atoms with E-state index >= 15 is 0 Å². The van der Waals surface area contributed by atoms with E-state index in [1.807, 2.05) is 40.5 Å². The van der Waals surface area contributed by atoms with Crippen LogP contribution in [-0.2, 0) is 24.3 Å². The van der Waals surface area contributed by atoms with Crippen molar-refractivity contribution in [2.24, 2.45) is 0 Å². The van der Waals surface area contributed by atoms with Crippen molar-refractivity contribution in [2.75, 3.05) is 0 Å². The molecule has 1 amide bonds. The minimum absolute atomic E-state index is 0.0859. The summed E-state index contributed by atoms with van der Waals surface area (Å²) in [6, 6.07) is 22.8. The second-order valence-electron chi connectivity index (χ2n) is 6.91. The SMILES string of the molecule is O=C(CCc1cccs1)NCc1ccccc1-c1ccc(Cn2cccn2)cc1. The van der Waals surface area contributed by atoms with Crippen LogP contribution in [0, 0.1) is 0 Å². The van der Waals surface area contributed by atoms with Crippen LogP contribution in [0.2, 0.25) is 0 Å². The first-order valence-corrected chi connectivity index (χ1v) is 10.6. The van der Waals surface area contributed by atoms with Crippen molar-refractivity contribution in [1.82, 2.24) is 15.1 Å². The van der Waals surface area contributed by atoms with Gasteiger partial charge in [0.25, 0.3) is 0 Å². The van der Waals surface area contributed by atoms with Crippen molar-refractivity contribution < 1.29 is 4.79 Å². The summed E-state index contributed by atoms with van der Waals surface area (Å²) in [7, 11) is 0. The lowest BCUT2D eigenvalue weighted by molar-refractivity contribution is -0.121. The number of hydrogen-bond donors (Lipinski definition) is 1. The maximum atomic E-state index is 12.2. The van der Waals surface area contributed by atoms with Crippen LogP contribution in [0.25, 0.3) is 11.1 Å². The smallest absolute Gasteiger partial charge is 0.220 e. The molecule has 146 valence electrons. The lowest BCUT2D eigenvalue weighted by atomic mass is 9.98. The van der Waals surface area contributed by atoms with Gasteiger partial charge in [0.2, 0.25) is 5.91 Å². The zero-order chi connectivity index (χ0) is 19.9. The summed E-state index contributed by atoms with van der Waals surface area (Å²) in [5.41, 5.74) is 4.63. The molecule has 0 saturated carbocycles. The quantitative estimate of drug-likeness (QED) is 0.456. The monoisotopic (exact) mass is 401 g/mol. The highest BCUT2D eigenvalue weighted by molar-refractivity contribution is 7.09. The van der Waals surface area contributed by atoms with Crippen molar-refractivity contribution in [3.05, 3.63) is 101 Å². The van der Waals surface area contributed by atoms with Crippen LogP contribution in [0.3, 0.4) is 0 Å². The van der Waals surface area contributed by atoms with Gasteiger partial charge in [-0.25, -0.2) is 0 Å². The number of nitrogens with one attached hydrogen (secondary N) is 1. The van der Waals surface area contributed by atoms with Crippen LogP contribution < -0.4 is 5.32 Å². The van der Waals surface area contributed by atoms with Gasteiger partial charge < -0.3 is 5.32 Å². The molecule has 29 heavy (non-hydrogen) atoms. The van der Waals surface area contributed by atoms with Crippen molar-refractivity contribution in [3.63, 3.8) is 0 Å². The zero-order valence-corrected chi connectivity index (χ0v) is 16.9. The van der Waals surface area contributed by atoms with Gasteiger partial charge in [0, 0.05) is 30.2 Å². The molecule has 0 fully saturated rings. The Labute approximate surface area is 174 Å². The predicted molar refractivity (Wildman–Crippen MR) is 118 cm³/mol. The normalized spacial score (nSPS) is 10.8.